The molecule has 0 aliphatic carbocycles. The van der Waals surface area contributed by atoms with Crippen LogP contribution in [0.15, 0.2) is 35.1 Å². The predicted octanol–water partition coefficient (Wildman–Crippen LogP) is 2.96. The first kappa shape index (κ1) is 12.9. The van der Waals surface area contributed by atoms with Gasteiger partial charge in [-0.15, -0.1) is 0 Å². The standard InChI is InChI=1S/C14H12BrN3O2/c1-18-11(6-12(19)20)13(15)17-14(18)9-7-16-10-5-3-2-4-8(9)10/h2-5,7,16H,6H2,1H3,(H,19,20). The van der Waals surface area contributed by atoms with Gasteiger partial charge in [-0.2, -0.15) is 0 Å². The first-order valence-corrected chi connectivity index (χ1v) is 6.86. The highest BCUT2D eigenvalue weighted by Crippen LogP contribution is 2.30. The second-order valence-electron chi connectivity index (χ2n) is 4.55. The Bertz CT molecular complexity index is 804. The van der Waals surface area contributed by atoms with E-state index in [1.165, 1.54) is 0 Å². The second-order valence-corrected chi connectivity index (χ2v) is 5.30. The zero-order valence-electron chi connectivity index (χ0n) is 10.7. The summed E-state index contributed by atoms with van der Waals surface area (Å²) < 4.78 is 2.39. The minimum absolute atomic E-state index is 0.0631. The molecule has 0 saturated heterocycles. The lowest BCUT2D eigenvalue weighted by Gasteiger charge is -2.03. The van der Waals surface area contributed by atoms with Crippen LogP contribution in [0.2, 0.25) is 0 Å². The highest BCUT2D eigenvalue weighted by molar-refractivity contribution is 9.10. The van der Waals surface area contributed by atoms with Crippen molar-refractivity contribution in [2.75, 3.05) is 0 Å². The number of aromatic amines is 1. The van der Waals surface area contributed by atoms with E-state index in [0.29, 0.717) is 10.3 Å². The Morgan fingerprint density at radius 2 is 2.20 bits per heavy atom. The monoisotopic (exact) mass is 333 g/mol. The molecular formula is C14H12BrN3O2. The fraction of sp³-hybridized carbons (Fsp3) is 0.143. The van der Waals surface area contributed by atoms with Gasteiger partial charge in [-0.1, -0.05) is 18.2 Å². The van der Waals surface area contributed by atoms with E-state index >= 15 is 0 Å². The van der Waals surface area contributed by atoms with E-state index in [2.05, 4.69) is 25.9 Å². The Morgan fingerprint density at radius 3 is 2.95 bits per heavy atom. The zero-order chi connectivity index (χ0) is 14.3. The van der Waals surface area contributed by atoms with Crippen LogP contribution in [-0.2, 0) is 18.3 Å². The van der Waals surface area contributed by atoms with Gasteiger partial charge >= 0.3 is 5.97 Å². The van der Waals surface area contributed by atoms with Crippen LogP contribution in [-0.4, -0.2) is 25.6 Å². The van der Waals surface area contributed by atoms with Crippen molar-refractivity contribution >= 4 is 32.8 Å². The van der Waals surface area contributed by atoms with Gasteiger partial charge in [0, 0.05) is 29.7 Å². The quantitative estimate of drug-likeness (QED) is 0.774. The summed E-state index contributed by atoms with van der Waals surface area (Å²) in [7, 11) is 1.83. The molecule has 2 heterocycles. The maximum absolute atomic E-state index is 10.9. The number of carbonyl (C=O) groups is 1. The second kappa shape index (κ2) is 4.79. The number of para-hydroxylation sites is 1. The SMILES string of the molecule is Cn1c(-c2c[nH]c3ccccc23)nc(Br)c1CC(=O)O. The molecule has 1 aromatic carbocycles. The molecule has 0 fully saturated rings. The number of rotatable bonds is 3. The van der Waals surface area contributed by atoms with Crippen molar-refractivity contribution < 1.29 is 9.90 Å². The van der Waals surface area contributed by atoms with Gasteiger partial charge in [-0.3, -0.25) is 4.79 Å². The molecule has 2 aromatic heterocycles. The number of carboxylic acid groups (broad SMARTS) is 1. The fourth-order valence-electron chi connectivity index (χ4n) is 2.33. The molecule has 0 saturated carbocycles. The number of imidazole rings is 1. The minimum atomic E-state index is -0.876. The molecule has 0 amide bonds. The molecule has 0 radical (unpaired) electrons. The molecule has 102 valence electrons. The molecular weight excluding hydrogens is 322 g/mol. The van der Waals surface area contributed by atoms with Gasteiger partial charge in [0.05, 0.1) is 12.1 Å². The molecule has 0 unspecified atom stereocenters. The third-order valence-electron chi connectivity index (χ3n) is 3.31. The van der Waals surface area contributed by atoms with Crippen LogP contribution in [0.25, 0.3) is 22.3 Å². The van der Waals surface area contributed by atoms with E-state index < -0.39 is 5.97 Å². The molecule has 0 spiro atoms. The smallest absolute Gasteiger partial charge is 0.309 e. The summed E-state index contributed by atoms with van der Waals surface area (Å²) in [6, 6.07) is 7.94. The highest BCUT2D eigenvalue weighted by Gasteiger charge is 2.18. The van der Waals surface area contributed by atoms with E-state index in [1.54, 1.807) is 0 Å². The molecule has 0 aliphatic heterocycles. The normalized spacial score (nSPS) is 11.1. The number of aliphatic carboxylic acids is 1. The molecule has 5 nitrogen and oxygen atoms in total. The van der Waals surface area contributed by atoms with Gasteiger partial charge < -0.3 is 14.7 Å². The van der Waals surface area contributed by atoms with Crippen molar-refractivity contribution in [3.8, 4) is 11.4 Å². The minimum Gasteiger partial charge on any atom is -0.481 e. The van der Waals surface area contributed by atoms with Crippen LogP contribution in [0, 0.1) is 0 Å². The van der Waals surface area contributed by atoms with Crippen molar-refractivity contribution in [3.05, 3.63) is 40.8 Å². The third-order valence-corrected chi connectivity index (χ3v) is 3.95. The Balaban J connectivity index is 2.18. The van der Waals surface area contributed by atoms with Gasteiger partial charge in [0.1, 0.15) is 10.4 Å². The third kappa shape index (κ3) is 2.02. The van der Waals surface area contributed by atoms with E-state index in [0.717, 1.165) is 22.3 Å². The molecule has 20 heavy (non-hydrogen) atoms. The van der Waals surface area contributed by atoms with Crippen LogP contribution in [0.5, 0.6) is 0 Å². The Morgan fingerprint density at radius 1 is 1.45 bits per heavy atom. The predicted molar refractivity (Wildman–Crippen MR) is 79.5 cm³/mol. The van der Waals surface area contributed by atoms with Gasteiger partial charge in [0.15, 0.2) is 0 Å². The first-order valence-electron chi connectivity index (χ1n) is 6.07. The van der Waals surface area contributed by atoms with Crippen LogP contribution in [0.1, 0.15) is 5.69 Å². The maximum atomic E-state index is 10.9. The summed E-state index contributed by atoms with van der Waals surface area (Å²) in [6.45, 7) is 0. The summed E-state index contributed by atoms with van der Waals surface area (Å²) in [4.78, 5) is 18.6. The lowest BCUT2D eigenvalue weighted by Crippen LogP contribution is -2.06. The number of nitrogens with one attached hydrogen (secondary N) is 1. The van der Waals surface area contributed by atoms with E-state index in [4.69, 9.17) is 5.11 Å². The Hall–Kier alpha value is -2.08. The molecule has 3 aromatic rings. The van der Waals surface area contributed by atoms with Crippen molar-refractivity contribution in [3.63, 3.8) is 0 Å². The van der Waals surface area contributed by atoms with Crippen LogP contribution in [0.4, 0.5) is 0 Å². The summed E-state index contributed by atoms with van der Waals surface area (Å²) in [5, 5.41) is 10.0. The average molecular weight is 334 g/mol. The fourth-order valence-corrected chi connectivity index (χ4v) is 2.91. The molecule has 6 heteroatoms. The number of fused-ring (bicyclic) bond motifs is 1. The average Bonchev–Trinajstić information content (AvgIpc) is 2.94. The highest BCUT2D eigenvalue weighted by atomic mass is 79.9. The molecule has 0 bridgehead atoms. The lowest BCUT2D eigenvalue weighted by molar-refractivity contribution is -0.136. The van der Waals surface area contributed by atoms with Crippen molar-refractivity contribution in [1.29, 1.82) is 0 Å². The number of carboxylic acids is 1. The number of nitrogens with zero attached hydrogens (tertiary/aromatic N) is 2. The number of aromatic nitrogens is 3. The van der Waals surface area contributed by atoms with Gasteiger partial charge in [0.2, 0.25) is 0 Å². The molecule has 2 N–H and O–H groups in total. The van der Waals surface area contributed by atoms with Crippen molar-refractivity contribution in [1.82, 2.24) is 14.5 Å². The largest absolute Gasteiger partial charge is 0.481 e. The number of hydrogen-bond donors (Lipinski definition) is 2. The van der Waals surface area contributed by atoms with Gasteiger partial charge in [-0.25, -0.2) is 4.98 Å². The topological polar surface area (TPSA) is 70.9 Å². The van der Waals surface area contributed by atoms with E-state index in [1.807, 2.05) is 42.1 Å². The van der Waals surface area contributed by atoms with Crippen molar-refractivity contribution in [2.45, 2.75) is 6.42 Å². The van der Waals surface area contributed by atoms with Crippen molar-refractivity contribution in [2.24, 2.45) is 7.05 Å². The summed E-state index contributed by atoms with van der Waals surface area (Å²) in [5.41, 5.74) is 2.64. The molecule has 0 aliphatic rings. The molecule has 0 atom stereocenters. The number of benzene rings is 1. The maximum Gasteiger partial charge on any atom is 0.309 e. The molecule has 3 rings (SSSR count). The van der Waals surface area contributed by atoms with Gasteiger partial charge in [0.25, 0.3) is 0 Å². The summed E-state index contributed by atoms with van der Waals surface area (Å²) in [6.07, 6.45) is 1.83. The first-order chi connectivity index (χ1) is 9.58. The van der Waals surface area contributed by atoms with Gasteiger partial charge in [-0.05, 0) is 22.0 Å². The zero-order valence-corrected chi connectivity index (χ0v) is 12.3. The summed E-state index contributed by atoms with van der Waals surface area (Å²) in [5.74, 6) is -0.134. The number of halogens is 1. The van der Waals surface area contributed by atoms with Crippen LogP contribution >= 0.6 is 15.9 Å². The number of H-pyrrole nitrogens is 1. The summed E-state index contributed by atoms with van der Waals surface area (Å²) >= 11 is 3.34. The number of hydrogen-bond acceptors (Lipinski definition) is 2. The van der Waals surface area contributed by atoms with E-state index in [-0.39, 0.29) is 6.42 Å². The van der Waals surface area contributed by atoms with Crippen LogP contribution < -0.4 is 0 Å². The Labute approximate surface area is 123 Å². The van der Waals surface area contributed by atoms with Crippen LogP contribution in [0.3, 0.4) is 0 Å². The lowest BCUT2D eigenvalue weighted by atomic mass is 10.1. The Kier molecular flexibility index (Phi) is 3.10. The van der Waals surface area contributed by atoms with E-state index in [9.17, 15) is 4.79 Å².